The maximum atomic E-state index is 11.7. The zero-order valence-corrected chi connectivity index (χ0v) is 10.5. The Hall–Kier alpha value is -2.97. The Morgan fingerprint density at radius 2 is 2.00 bits per heavy atom. The SMILES string of the molecule is Cn1nnc(NC(=O)N[C@H](C(=O)O)c2ccccc2)n1. The van der Waals surface area contributed by atoms with Crippen molar-refractivity contribution in [2.75, 3.05) is 5.32 Å². The van der Waals surface area contributed by atoms with E-state index in [0.717, 1.165) is 0 Å². The van der Waals surface area contributed by atoms with Crippen LogP contribution in [0.5, 0.6) is 0 Å². The molecule has 0 aliphatic rings. The first-order valence-corrected chi connectivity index (χ1v) is 5.65. The van der Waals surface area contributed by atoms with Crippen molar-refractivity contribution in [3.05, 3.63) is 35.9 Å². The molecule has 9 nitrogen and oxygen atoms in total. The van der Waals surface area contributed by atoms with E-state index in [9.17, 15) is 9.59 Å². The lowest BCUT2D eigenvalue weighted by Gasteiger charge is -2.14. The largest absolute Gasteiger partial charge is 0.479 e. The molecule has 2 aromatic rings. The summed E-state index contributed by atoms with van der Waals surface area (Å²) in [7, 11) is 1.54. The highest BCUT2D eigenvalue weighted by Gasteiger charge is 2.22. The van der Waals surface area contributed by atoms with Crippen LogP contribution in [-0.2, 0) is 11.8 Å². The Labute approximate surface area is 113 Å². The Morgan fingerprint density at radius 1 is 1.30 bits per heavy atom. The number of aryl methyl sites for hydroxylation is 1. The molecule has 0 spiro atoms. The number of carbonyl (C=O) groups excluding carboxylic acids is 1. The average molecular weight is 276 g/mol. The van der Waals surface area contributed by atoms with E-state index in [-0.39, 0.29) is 5.95 Å². The van der Waals surface area contributed by atoms with Gasteiger partial charge in [-0.1, -0.05) is 35.4 Å². The zero-order valence-electron chi connectivity index (χ0n) is 10.5. The summed E-state index contributed by atoms with van der Waals surface area (Å²) in [4.78, 5) is 24.1. The molecule has 1 aromatic carbocycles. The second-order valence-electron chi connectivity index (χ2n) is 3.88. The van der Waals surface area contributed by atoms with E-state index >= 15 is 0 Å². The maximum absolute atomic E-state index is 11.7. The number of hydrogen-bond donors (Lipinski definition) is 3. The normalized spacial score (nSPS) is 11.7. The molecule has 0 aliphatic heterocycles. The van der Waals surface area contributed by atoms with Crippen molar-refractivity contribution < 1.29 is 14.7 Å². The number of benzene rings is 1. The molecule has 3 N–H and O–H groups in total. The molecule has 104 valence electrons. The minimum absolute atomic E-state index is 0.0119. The number of aliphatic carboxylic acids is 1. The van der Waals surface area contributed by atoms with Gasteiger partial charge in [-0.05, 0) is 10.8 Å². The third kappa shape index (κ3) is 3.28. The molecule has 0 fully saturated rings. The first-order chi connectivity index (χ1) is 9.56. The first-order valence-electron chi connectivity index (χ1n) is 5.65. The number of rotatable bonds is 4. The summed E-state index contributed by atoms with van der Waals surface area (Å²) in [5.41, 5.74) is 0.460. The van der Waals surface area contributed by atoms with E-state index in [4.69, 9.17) is 5.11 Å². The number of aromatic nitrogens is 4. The van der Waals surface area contributed by atoms with Crippen molar-refractivity contribution in [2.45, 2.75) is 6.04 Å². The summed E-state index contributed by atoms with van der Waals surface area (Å²) in [6, 6.07) is 6.47. The number of nitrogens with zero attached hydrogens (tertiary/aromatic N) is 4. The number of anilines is 1. The molecule has 20 heavy (non-hydrogen) atoms. The van der Waals surface area contributed by atoms with Gasteiger partial charge in [0.25, 0.3) is 5.95 Å². The van der Waals surface area contributed by atoms with Gasteiger partial charge in [-0.25, -0.2) is 9.59 Å². The monoisotopic (exact) mass is 276 g/mol. The van der Waals surface area contributed by atoms with Gasteiger partial charge in [-0.2, -0.15) is 4.80 Å². The van der Waals surface area contributed by atoms with Gasteiger partial charge in [-0.3, -0.25) is 5.32 Å². The first kappa shape index (κ1) is 13.5. The molecule has 0 bridgehead atoms. The predicted octanol–water partition coefficient (Wildman–Crippen LogP) is 0.157. The fourth-order valence-corrected chi connectivity index (χ4v) is 1.54. The minimum atomic E-state index is -1.17. The highest BCUT2D eigenvalue weighted by atomic mass is 16.4. The minimum Gasteiger partial charge on any atom is -0.479 e. The van der Waals surface area contributed by atoms with E-state index in [1.165, 1.54) is 4.80 Å². The van der Waals surface area contributed by atoms with Crippen molar-refractivity contribution in [3.63, 3.8) is 0 Å². The summed E-state index contributed by atoms with van der Waals surface area (Å²) < 4.78 is 0. The molecule has 1 heterocycles. The highest BCUT2D eigenvalue weighted by molar-refractivity contribution is 5.91. The van der Waals surface area contributed by atoms with Crippen molar-refractivity contribution in [1.29, 1.82) is 0 Å². The lowest BCUT2D eigenvalue weighted by atomic mass is 10.1. The van der Waals surface area contributed by atoms with E-state index < -0.39 is 18.0 Å². The van der Waals surface area contributed by atoms with Crippen LogP contribution in [0, 0.1) is 0 Å². The Morgan fingerprint density at radius 3 is 2.55 bits per heavy atom. The number of nitrogens with one attached hydrogen (secondary N) is 2. The van der Waals surface area contributed by atoms with Crippen molar-refractivity contribution in [2.24, 2.45) is 7.05 Å². The molecule has 2 amide bonds. The fourth-order valence-electron chi connectivity index (χ4n) is 1.54. The summed E-state index contributed by atoms with van der Waals surface area (Å²) in [6.07, 6.45) is 0. The van der Waals surface area contributed by atoms with Crippen molar-refractivity contribution in [1.82, 2.24) is 25.5 Å². The predicted molar refractivity (Wildman–Crippen MR) is 67.8 cm³/mol. The van der Waals surface area contributed by atoms with E-state index in [0.29, 0.717) is 5.56 Å². The van der Waals surface area contributed by atoms with Crippen LogP contribution in [-0.4, -0.2) is 37.3 Å². The van der Waals surface area contributed by atoms with Gasteiger partial charge < -0.3 is 10.4 Å². The number of tetrazole rings is 1. The molecule has 9 heteroatoms. The smallest absolute Gasteiger partial charge is 0.330 e. The van der Waals surface area contributed by atoms with E-state index in [1.807, 2.05) is 0 Å². The van der Waals surface area contributed by atoms with Gasteiger partial charge in [0.2, 0.25) is 0 Å². The van der Waals surface area contributed by atoms with Gasteiger partial charge in [0.05, 0.1) is 7.05 Å². The fraction of sp³-hybridized carbons (Fsp3) is 0.182. The molecule has 1 atom stereocenters. The van der Waals surface area contributed by atoms with Gasteiger partial charge in [0.1, 0.15) is 0 Å². The number of carbonyl (C=O) groups is 2. The van der Waals surface area contributed by atoms with Gasteiger partial charge >= 0.3 is 12.0 Å². The molecule has 0 saturated carbocycles. The van der Waals surface area contributed by atoms with Crippen LogP contribution >= 0.6 is 0 Å². The third-order valence-electron chi connectivity index (χ3n) is 2.39. The highest BCUT2D eigenvalue weighted by Crippen LogP contribution is 2.12. The third-order valence-corrected chi connectivity index (χ3v) is 2.39. The van der Waals surface area contributed by atoms with Crippen LogP contribution in [0.2, 0.25) is 0 Å². The number of urea groups is 1. The van der Waals surface area contributed by atoms with E-state index in [2.05, 4.69) is 26.0 Å². The summed E-state index contributed by atoms with van der Waals surface area (Å²) in [6.45, 7) is 0. The molecular weight excluding hydrogens is 264 g/mol. The van der Waals surface area contributed by atoms with Crippen LogP contribution in [0.15, 0.2) is 30.3 Å². The molecular formula is C11H12N6O3. The van der Waals surface area contributed by atoms with E-state index in [1.54, 1.807) is 37.4 Å². The second kappa shape index (κ2) is 5.78. The lowest BCUT2D eigenvalue weighted by Crippen LogP contribution is -2.37. The maximum Gasteiger partial charge on any atom is 0.330 e. The summed E-state index contributed by atoms with van der Waals surface area (Å²) in [5.74, 6) is -1.18. The van der Waals surface area contributed by atoms with Crippen LogP contribution in [0.1, 0.15) is 11.6 Å². The number of carboxylic acid groups (broad SMARTS) is 1. The second-order valence-corrected chi connectivity index (χ2v) is 3.88. The average Bonchev–Trinajstić information content (AvgIpc) is 2.82. The Balaban J connectivity index is 2.05. The molecule has 2 rings (SSSR count). The summed E-state index contributed by atoms with van der Waals surface area (Å²) in [5, 5.41) is 24.6. The molecule has 0 radical (unpaired) electrons. The van der Waals surface area contributed by atoms with Crippen LogP contribution in [0.3, 0.4) is 0 Å². The van der Waals surface area contributed by atoms with Gasteiger partial charge in [0, 0.05) is 0 Å². The van der Waals surface area contributed by atoms with Crippen molar-refractivity contribution in [3.8, 4) is 0 Å². The number of amides is 2. The Bertz CT molecular complexity index is 612. The molecule has 1 aromatic heterocycles. The number of carboxylic acids is 1. The standard InChI is InChI=1S/C11H12N6O3/c1-17-15-10(14-16-17)13-11(20)12-8(9(18)19)7-5-3-2-4-6-7/h2-6,8H,1H3,(H,18,19)(H2,12,13,15,20)/t8-/m0/s1. The summed E-state index contributed by atoms with van der Waals surface area (Å²) >= 11 is 0. The quantitative estimate of drug-likeness (QED) is 0.731. The van der Waals surface area contributed by atoms with Crippen molar-refractivity contribution >= 4 is 17.9 Å². The van der Waals surface area contributed by atoms with Gasteiger partial charge in [-0.15, -0.1) is 5.10 Å². The van der Waals surface area contributed by atoms with Crippen LogP contribution in [0.4, 0.5) is 10.7 Å². The molecule has 0 unspecified atom stereocenters. The Kier molecular flexibility index (Phi) is 3.89. The lowest BCUT2D eigenvalue weighted by molar-refractivity contribution is -0.139. The topological polar surface area (TPSA) is 122 Å². The molecule has 0 aliphatic carbocycles. The van der Waals surface area contributed by atoms with Crippen LogP contribution < -0.4 is 10.6 Å². The number of hydrogen-bond acceptors (Lipinski definition) is 5. The van der Waals surface area contributed by atoms with Gasteiger partial charge in [0.15, 0.2) is 6.04 Å². The van der Waals surface area contributed by atoms with Crippen LogP contribution in [0.25, 0.3) is 0 Å². The molecule has 0 saturated heterocycles. The zero-order chi connectivity index (χ0) is 14.5.